The summed E-state index contributed by atoms with van der Waals surface area (Å²) < 4.78 is 0. The summed E-state index contributed by atoms with van der Waals surface area (Å²) in [5.74, 6) is 0.287. The second-order valence-corrected chi connectivity index (χ2v) is 4.34. The van der Waals surface area contributed by atoms with Crippen molar-refractivity contribution in [2.75, 3.05) is 0 Å². The minimum Gasteiger partial charge on any atom is -0.241 e. The molecule has 0 aliphatic carbocycles. The lowest BCUT2D eigenvalue weighted by molar-refractivity contribution is 0.705. The van der Waals surface area contributed by atoms with Crippen molar-refractivity contribution in [3.05, 3.63) is 23.8 Å². The molecule has 0 aliphatic rings. The van der Waals surface area contributed by atoms with Crippen molar-refractivity contribution in [2.45, 2.75) is 44.9 Å². The van der Waals surface area contributed by atoms with Crippen molar-refractivity contribution in [2.24, 2.45) is 0 Å². The Morgan fingerprint density at radius 1 is 1.36 bits per heavy atom. The fourth-order valence-electron chi connectivity index (χ4n) is 1.29. The molecule has 0 N–H and O–H groups in total. The van der Waals surface area contributed by atoms with Crippen LogP contribution in [0.15, 0.2) is 12.4 Å². The monoisotopic (exact) mass is 212 g/mol. The summed E-state index contributed by atoms with van der Waals surface area (Å²) in [7, 11) is 0. The van der Waals surface area contributed by atoms with Gasteiger partial charge in [-0.05, 0) is 19.4 Å². The van der Waals surface area contributed by atoms with Crippen molar-refractivity contribution in [3.8, 4) is 0 Å². The Balaban J connectivity index is 2.82. The number of aryl methyl sites for hydroxylation is 1. The van der Waals surface area contributed by atoms with Crippen LogP contribution < -0.4 is 0 Å². The standard InChI is InChI=1S/C11H17ClN2/c1-4-5-10-6-11(14-7-13-10)8(2)9(3)12/h6-9H,4-5H2,1-3H3. The van der Waals surface area contributed by atoms with E-state index in [0.717, 1.165) is 24.2 Å². The lowest BCUT2D eigenvalue weighted by Crippen LogP contribution is -2.08. The Bertz CT molecular complexity index is 286. The molecular weight excluding hydrogens is 196 g/mol. The molecule has 3 heteroatoms. The van der Waals surface area contributed by atoms with Crippen molar-refractivity contribution in [1.29, 1.82) is 0 Å². The second kappa shape index (κ2) is 5.30. The molecule has 0 fully saturated rings. The van der Waals surface area contributed by atoms with Gasteiger partial charge in [0, 0.05) is 22.7 Å². The Hall–Kier alpha value is -0.630. The molecule has 0 spiro atoms. The first-order valence-corrected chi connectivity index (χ1v) is 5.53. The maximum Gasteiger partial charge on any atom is 0.115 e. The highest BCUT2D eigenvalue weighted by Crippen LogP contribution is 2.21. The van der Waals surface area contributed by atoms with Gasteiger partial charge in [0.05, 0.1) is 0 Å². The number of nitrogens with zero attached hydrogens (tertiary/aromatic N) is 2. The van der Waals surface area contributed by atoms with E-state index in [1.54, 1.807) is 6.33 Å². The van der Waals surface area contributed by atoms with Gasteiger partial charge in [0.2, 0.25) is 0 Å². The van der Waals surface area contributed by atoms with Crippen LogP contribution in [-0.4, -0.2) is 15.3 Å². The van der Waals surface area contributed by atoms with E-state index >= 15 is 0 Å². The van der Waals surface area contributed by atoms with Gasteiger partial charge in [-0.3, -0.25) is 0 Å². The molecule has 2 atom stereocenters. The summed E-state index contributed by atoms with van der Waals surface area (Å²) in [4.78, 5) is 8.46. The van der Waals surface area contributed by atoms with E-state index in [4.69, 9.17) is 11.6 Å². The summed E-state index contributed by atoms with van der Waals surface area (Å²) in [6, 6.07) is 2.06. The average Bonchev–Trinajstić information content (AvgIpc) is 2.17. The molecule has 2 unspecified atom stereocenters. The number of hydrogen-bond acceptors (Lipinski definition) is 2. The summed E-state index contributed by atoms with van der Waals surface area (Å²) >= 11 is 6.03. The van der Waals surface area contributed by atoms with E-state index in [1.165, 1.54) is 0 Å². The summed E-state index contributed by atoms with van der Waals surface area (Å²) in [5.41, 5.74) is 2.16. The topological polar surface area (TPSA) is 25.8 Å². The number of halogens is 1. The van der Waals surface area contributed by atoms with Crippen LogP contribution in [0.2, 0.25) is 0 Å². The molecule has 0 bridgehead atoms. The molecule has 14 heavy (non-hydrogen) atoms. The van der Waals surface area contributed by atoms with Gasteiger partial charge in [0.25, 0.3) is 0 Å². The van der Waals surface area contributed by atoms with Gasteiger partial charge in [-0.1, -0.05) is 20.3 Å². The quantitative estimate of drug-likeness (QED) is 0.717. The minimum absolute atomic E-state index is 0.111. The number of rotatable bonds is 4. The molecule has 0 saturated heterocycles. The summed E-state index contributed by atoms with van der Waals surface area (Å²) in [6.07, 6.45) is 3.76. The smallest absolute Gasteiger partial charge is 0.115 e. The van der Waals surface area contributed by atoms with Crippen LogP contribution in [0, 0.1) is 0 Å². The molecular formula is C11H17ClN2. The fraction of sp³-hybridized carbons (Fsp3) is 0.636. The third-order valence-corrected chi connectivity index (χ3v) is 2.78. The van der Waals surface area contributed by atoms with Gasteiger partial charge in [0.15, 0.2) is 0 Å². The zero-order valence-corrected chi connectivity index (χ0v) is 9.75. The van der Waals surface area contributed by atoms with E-state index in [2.05, 4.69) is 29.9 Å². The molecule has 0 saturated carbocycles. The fourth-order valence-corrected chi connectivity index (χ4v) is 1.42. The van der Waals surface area contributed by atoms with Gasteiger partial charge < -0.3 is 0 Å². The molecule has 1 aromatic heterocycles. The number of aromatic nitrogens is 2. The van der Waals surface area contributed by atoms with E-state index in [0.29, 0.717) is 0 Å². The van der Waals surface area contributed by atoms with E-state index < -0.39 is 0 Å². The third kappa shape index (κ3) is 2.95. The molecule has 0 aliphatic heterocycles. The predicted molar refractivity (Wildman–Crippen MR) is 59.8 cm³/mol. The van der Waals surface area contributed by atoms with Crippen LogP contribution >= 0.6 is 11.6 Å². The van der Waals surface area contributed by atoms with Crippen molar-refractivity contribution >= 4 is 11.6 Å². The first-order valence-electron chi connectivity index (χ1n) is 5.10. The molecule has 1 heterocycles. The zero-order valence-electron chi connectivity index (χ0n) is 9.00. The largest absolute Gasteiger partial charge is 0.241 e. The maximum absolute atomic E-state index is 6.03. The normalized spacial score (nSPS) is 15.1. The predicted octanol–water partition coefficient (Wildman–Crippen LogP) is 3.16. The minimum atomic E-state index is 0.111. The highest BCUT2D eigenvalue weighted by atomic mass is 35.5. The van der Waals surface area contributed by atoms with E-state index in [9.17, 15) is 0 Å². The Kier molecular flexibility index (Phi) is 4.33. The molecule has 0 radical (unpaired) electrons. The molecule has 1 rings (SSSR count). The van der Waals surface area contributed by atoms with Crippen LogP contribution in [0.25, 0.3) is 0 Å². The van der Waals surface area contributed by atoms with Gasteiger partial charge >= 0.3 is 0 Å². The molecule has 1 aromatic rings. The highest BCUT2D eigenvalue weighted by Gasteiger charge is 2.13. The molecule has 0 aromatic carbocycles. The number of hydrogen-bond donors (Lipinski definition) is 0. The Morgan fingerprint density at radius 3 is 2.64 bits per heavy atom. The number of alkyl halides is 1. The van der Waals surface area contributed by atoms with Gasteiger partial charge in [-0.2, -0.15) is 0 Å². The van der Waals surface area contributed by atoms with Gasteiger partial charge in [-0.25, -0.2) is 9.97 Å². The Labute approximate surface area is 90.7 Å². The average molecular weight is 213 g/mol. The third-order valence-electron chi connectivity index (χ3n) is 2.41. The lowest BCUT2D eigenvalue weighted by atomic mass is 10.0. The van der Waals surface area contributed by atoms with Gasteiger partial charge in [0.1, 0.15) is 6.33 Å². The van der Waals surface area contributed by atoms with Gasteiger partial charge in [-0.15, -0.1) is 11.6 Å². The van der Waals surface area contributed by atoms with Crippen LogP contribution in [0.1, 0.15) is 44.5 Å². The van der Waals surface area contributed by atoms with Crippen LogP contribution in [-0.2, 0) is 6.42 Å². The highest BCUT2D eigenvalue weighted by molar-refractivity contribution is 6.20. The van der Waals surface area contributed by atoms with Crippen molar-refractivity contribution in [3.63, 3.8) is 0 Å². The second-order valence-electron chi connectivity index (χ2n) is 3.65. The maximum atomic E-state index is 6.03. The van der Waals surface area contributed by atoms with Crippen LogP contribution in [0.4, 0.5) is 0 Å². The zero-order chi connectivity index (χ0) is 10.6. The lowest BCUT2D eigenvalue weighted by Gasteiger charge is -2.13. The van der Waals surface area contributed by atoms with Crippen molar-refractivity contribution < 1.29 is 0 Å². The van der Waals surface area contributed by atoms with E-state index in [1.807, 2.05) is 6.92 Å². The SMILES string of the molecule is CCCc1cc(C(C)C(C)Cl)ncn1. The van der Waals surface area contributed by atoms with E-state index in [-0.39, 0.29) is 11.3 Å². The van der Waals surface area contributed by atoms with Crippen molar-refractivity contribution in [1.82, 2.24) is 9.97 Å². The summed E-state index contributed by atoms with van der Waals surface area (Å²) in [5, 5.41) is 0.111. The Morgan fingerprint density at radius 2 is 2.07 bits per heavy atom. The molecule has 78 valence electrons. The van der Waals surface area contributed by atoms with Crippen LogP contribution in [0.3, 0.4) is 0 Å². The first-order chi connectivity index (χ1) is 6.65. The first kappa shape index (κ1) is 11.4. The molecule has 0 amide bonds. The van der Waals surface area contributed by atoms with Crippen LogP contribution in [0.5, 0.6) is 0 Å². The summed E-state index contributed by atoms with van der Waals surface area (Å²) in [6.45, 7) is 6.24. The molecule has 2 nitrogen and oxygen atoms in total.